The van der Waals surface area contributed by atoms with Crippen molar-refractivity contribution < 1.29 is 9.90 Å². The molecule has 0 atom stereocenters. The van der Waals surface area contributed by atoms with Crippen LogP contribution in [0.2, 0.25) is 0 Å². The third-order valence-electron chi connectivity index (χ3n) is 2.54. The van der Waals surface area contributed by atoms with Gasteiger partial charge in [-0.05, 0) is 5.56 Å². The van der Waals surface area contributed by atoms with Gasteiger partial charge in [-0.25, -0.2) is 4.98 Å². The minimum Gasteiger partial charge on any atom is -0.481 e. The summed E-state index contributed by atoms with van der Waals surface area (Å²) in [5.41, 5.74) is 2.83. The second-order valence-electron chi connectivity index (χ2n) is 4.11. The lowest BCUT2D eigenvalue weighted by atomic mass is 10.1. The predicted molar refractivity (Wildman–Crippen MR) is 83.9 cm³/mol. The van der Waals surface area contributed by atoms with Gasteiger partial charge in [0.05, 0.1) is 17.9 Å². The zero-order valence-corrected chi connectivity index (χ0v) is 12.3. The molecule has 0 amide bonds. The molecule has 0 aliphatic heterocycles. The summed E-state index contributed by atoms with van der Waals surface area (Å²) in [5, 5.41) is 11.4. The van der Waals surface area contributed by atoms with Gasteiger partial charge in [-0.3, -0.25) is 4.79 Å². The Labute approximate surface area is 126 Å². The molecule has 0 saturated heterocycles. The molecule has 1 heterocycles. The van der Waals surface area contributed by atoms with Crippen molar-refractivity contribution in [1.29, 1.82) is 0 Å². The fourth-order valence-corrected chi connectivity index (χ4v) is 3.12. The van der Waals surface area contributed by atoms with E-state index in [1.807, 2.05) is 12.1 Å². The lowest BCUT2D eigenvalue weighted by Crippen LogP contribution is -1.99. The number of hydrogen-bond acceptors (Lipinski definition) is 4. The average Bonchev–Trinajstić information content (AvgIpc) is 2.87. The van der Waals surface area contributed by atoms with E-state index < -0.39 is 5.97 Å². The molecule has 0 spiro atoms. The normalized spacial score (nSPS) is 10.2. The standard InChI is InChI=1S/C15H13NO2S2/c1-2-7-19-9-11-3-5-12(6-4-11)15-16-13(10-20-15)8-14(17)18/h1,3-6,10H,7-9H2,(H,17,18). The maximum atomic E-state index is 10.6. The Hall–Kier alpha value is -1.77. The largest absolute Gasteiger partial charge is 0.481 e. The van der Waals surface area contributed by atoms with Gasteiger partial charge < -0.3 is 5.11 Å². The van der Waals surface area contributed by atoms with Crippen LogP contribution in [0.4, 0.5) is 0 Å². The monoisotopic (exact) mass is 303 g/mol. The van der Waals surface area contributed by atoms with Crippen LogP contribution >= 0.6 is 23.1 Å². The fourth-order valence-electron chi connectivity index (χ4n) is 1.65. The molecule has 3 nitrogen and oxygen atoms in total. The maximum Gasteiger partial charge on any atom is 0.309 e. The fraction of sp³-hybridized carbons (Fsp3) is 0.200. The van der Waals surface area contributed by atoms with Crippen molar-refractivity contribution in [2.75, 3.05) is 5.75 Å². The molecule has 0 unspecified atom stereocenters. The molecule has 5 heteroatoms. The van der Waals surface area contributed by atoms with Gasteiger partial charge in [0.25, 0.3) is 0 Å². The maximum absolute atomic E-state index is 10.6. The van der Waals surface area contributed by atoms with E-state index in [0.717, 1.165) is 16.3 Å². The van der Waals surface area contributed by atoms with Crippen LogP contribution in [0, 0.1) is 12.3 Å². The molecule has 0 radical (unpaired) electrons. The highest BCUT2D eigenvalue weighted by Gasteiger charge is 2.07. The van der Waals surface area contributed by atoms with Crippen LogP contribution in [0.15, 0.2) is 29.6 Å². The smallest absolute Gasteiger partial charge is 0.309 e. The molecule has 1 N–H and O–H groups in total. The van der Waals surface area contributed by atoms with Crippen molar-refractivity contribution in [3.63, 3.8) is 0 Å². The molecule has 2 aromatic rings. The summed E-state index contributed by atoms with van der Waals surface area (Å²) in [6, 6.07) is 8.12. The van der Waals surface area contributed by atoms with Crippen molar-refractivity contribution in [1.82, 2.24) is 4.98 Å². The lowest BCUT2D eigenvalue weighted by molar-refractivity contribution is -0.136. The Balaban J connectivity index is 2.04. The Kier molecular flexibility index (Phi) is 5.22. The van der Waals surface area contributed by atoms with E-state index in [0.29, 0.717) is 11.4 Å². The topological polar surface area (TPSA) is 50.2 Å². The number of aliphatic carboxylic acids is 1. The Morgan fingerprint density at radius 2 is 2.15 bits per heavy atom. The lowest BCUT2D eigenvalue weighted by Gasteiger charge is -2.01. The summed E-state index contributed by atoms with van der Waals surface area (Å²) >= 11 is 3.17. The second kappa shape index (κ2) is 7.13. The number of thioether (sulfide) groups is 1. The molecule has 102 valence electrons. The molecular weight excluding hydrogens is 290 g/mol. The number of carboxylic acid groups (broad SMARTS) is 1. The second-order valence-corrected chi connectivity index (χ2v) is 5.95. The van der Waals surface area contributed by atoms with E-state index in [1.54, 1.807) is 17.1 Å². The van der Waals surface area contributed by atoms with Crippen LogP contribution in [0.1, 0.15) is 11.3 Å². The predicted octanol–water partition coefficient (Wildman–Crippen LogP) is 3.30. The average molecular weight is 303 g/mol. The van der Waals surface area contributed by atoms with Crippen LogP contribution in [0.25, 0.3) is 10.6 Å². The molecular formula is C15H13NO2S2. The first kappa shape index (κ1) is 14.6. The van der Waals surface area contributed by atoms with Crippen molar-refractivity contribution in [3.05, 3.63) is 40.9 Å². The van der Waals surface area contributed by atoms with Crippen LogP contribution in [0.3, 0.4) is 0 Å². The minimum atomic E-state index is -0.859. The first-order valence-electron chi connectivity index (χ1n) is 5.96. The van der Waals surface area contributed by atoms with Crippen molar-refractivity contribution in [2.24, 2.45) is 0 Å². The number of aromatic nitrogens is 1. The highest BCUT2D eigenvalue weighted by atomic mass is 32.2. The van der Waals surface area contributed by atoms with Gasteiger partial charge in [0, 0.05) is 16.7 Å². The van der Waals surface area contributed by atoms with Crippen molar-refractivity contribution in [3.8, 4) is 22.9 Å². The van der Waals surface area contributed by atoms with Crippen LogP contribution in [0.5, 0.6) is 0 Å². The van der Waals surface area contributed by atoms with Crippen LogP contribution in [-0.4, -0.2) is 21.8 Å². The van der Waals surface area contributed by atoms with Gasteiger partial charge in [0.15, 0.2) is 0 Å². The quantitative estimate of drug-likeness (QED) is 0.657. The molecule has 0 fully saturated rings. The van der Waals surface area contributed by atoms with Gasteiger partial charge in [-0.1, -0.05) is 30.2 Å². The summed E-state index contributed by atoms with van der Waals surface area (Å²) in [6.07, 6.45) is 5.18. The summed E-state index contributed by atoms with van der Waals surface area (Å²) in [4.78, 5) is 15.0. The number of carboxylic acids is 1. The number of hydrogen-bond donors (Lipinski definition) is 1. The molecule has 0 aliphatic carbocycles. The number of terminal acetylenes is 1. The molecule has 0 saturated carbocycles. The highest BCUT2D eigenvalue weighted by molar-refractivity contribution is 7.98. The van der Waals surface area contributed by atoms with Gasteiger partial charge >= 0.3 is 5.97 Å². The van der Waals surface area contributed by atoms with Gasteiger partial charge in [0.1, 0.15) is 5.01 Å². The van der Waals surface area contributed by atoms with E-state index >= 15 is 0 Å². The van der Waals surface area contributed by atoms with E-state index in [1.165, 1.54) is 16.9 Å². The van der Waals surface area contributed by atoms with E-state index in [4.69, 9.17) is 11.5 Å². The third kappa shape index (κ3) is 4.12. The molecule has 1 aromatic carbocycles. The first-order valence-corrected chi connectivity index (χ1v) is 7.99. The molecule has 1 aromatic heterocycles. The Bertz CT molecular complexity index is 626. The number of nitrogens with zero attached hydrogens (tertiary/aromatic N) is 1. The highest BCUT2D eigenvalue weighted by Crippen LogP contribution is 2.25. The van der Waals surface area contributed by atoms with Crippen molar-refractivity contribution >= 4 is 29.1 Å². The van der Waals surface area contributed by atoms with Gasteiger partial charge in [-0.15, -0.1) is 29.5 Å². The SMILES string of the molecule is C#CCSCc1ccc(-c2nc(CC(=O)O)cs2)cc1. The number of thiazole rings is 1. The number of benzene rings is 1. The number of carbonyl (C=O) groups is 1. The van der Waals surface area contributed by atoms with E-state index in [9.17, 15) is 4.79 Å². The third-order valence-corrected chi connectivity index (χ3v) is 4.39. The van der Waals surface area contributed by atoms with E-state index in [2.05, 4.69) is 23.0 Å². The molecule has 0 bridgehead atoms. The van der Waals surface area contributed by atoms with E-state index in [-0.39, 0.29) is 6.42 Å². The van der Waals surface area contributed by atoms with Crippen LogP contribution in [-0.2, 0) is 17.0 Å². The first-order chi connectivity index (χ1) is 9.69. The summed E-state index contributed by atoms with van der Waals surface area (Å²) in [5.74, 6) is 3.35. The molecule has 2 rings (SSSR count). The Morgan fingerprint density at radius 1 is 1.40 bits per heavy atom. The van der Waals surface area contributed by atoms with Gasteiger partial charge in [-0.2, -0.15) is 0 Å². The number of rotatable bonds is 6. The summed E-state index contributed by atoms with van der Waals surface area (Å²) in [7, 11) is 0. The molecule has 20 heavy (non-hydrogen) atoms. The summed E-state index contributed by atoms with van der Waals surface area (Å²) < 4.78 is 0. The van der Waals surface area contributed by atoms with Crippen LogP contribution < -0.4 is 0 Å². The zero-order chi connectivity index (χ0) is 14.4. The summed E-state index contributed by atoms with van der Waals surface area (Å²) in [6.45, 7) is 0. The zero-order valence-electron chi connectivity index (χ0n) is 10.7. The molecule has 0 aliphatic rings. The Morgan fingerprint density at radius 3 is 2.80 bits per heavy atom. The van der Waals surface area contributed by atoms with Crippen molar-refractivity contribution in [2.45, 2.75) is 12.2 Å². The minimum absolute atomic E-state index is 0.0304. The van der Waals surface area contributed by atoms with Gasteiger partial charge in [0.2, 0.25) is 0 Å².